The van der Waals surface area contributed by atoms with Crippen molar-refractivity contribution in [2.75, 3.05) is 12.8 Å². The molecule has 0 aliphatic rings. The molecule has 1 aromatic rings. The van der Waals surface area contributed by atoms with Crippen LogP contribution in [0.3, 0.4) is 0 Å². The Morgan fingerprint density at radius 3 is 2.50 bits per heavy atom. The minimum Gasteiger partial charge on any atom is -0.478 e. The molecule has 0 atom stereocenters. The normalized spacial score (nSPS) is 11.3. The van der Waals surface area contributed by atoms with E-state index in [-0.39, 0.29) is 18.1 Å². The van der Waals surface area contributed by atoms with E-state index < -0.39 is 12.1 Å². The third-order valence-electron chi connectivity index (χ3n) is 1.64. The first-order chi connectivity index (χ1) is 7.37. The van der Waals surface area contributed by atoms with Gasteiger partial charge in [-0.25, -0.2) is 4.98 Å². The molecule has 0 radical (unpaired) electrons. The van der Waals surface area contributed by atoms with Crippen LogP contribution in [0, 0.1) is 0 Å². The maximum Gasteiger partial charge on any atom is 0.573 e. The smallest absolute Gasteiger partial charge is 0.478 e. The zero-order valence-corrected chi connectivity index (χ0v) is 8.34. The van der Waals surface area contributed by atoms with Gasteiger partial charge in [0.25, 0.3) is 5.88 Å². The molecular formula is C8H10F3N3O2. The van der Waals surface area contributed by atoms with E-state index in [9.17, 15) is 13.2 Å². The number of pyridine rings is 1. The van der Waals surface area contributed by atoms with Crippen molar-refractivity contribution in [2.45, 2.75) is 12.9 Å². The highest BCUT2D eigenvalue weighted by Crippen LogP contribution is 2.36. The number of nitrogen functional groups attached to an aromatic ring is 1. The van der Waals surface area contributed by atoms with Gasteiger partial charge in [0.1, 0.15) is 0 Å². The Bertz CT molecular complexity index is 382. The standard InChI is InChI=1S/C8H10F3N3O2/c1-15-7-6(16-8(9,10)11)5(13)2-4(3-12)14-7/h2H,3,12H2,1H3,(H2,13,14). The quantitative estimate of drug-likeness (QED) is 0.820. The van der Waals surface area contributed by atoms with E-state index in [1.54, 1.807) is 0 Å². The van der Waals surface area contributed by atoms with E-state index in [0.717, 1.165) is 7.11 Å². The summed E-state index contributed by atoms with van der Waals surface area (Å²) in [5.74, 6) is -1.01. The second kappa shape index (κ2) is 4.44. The van der Waals surface area contributed by atoms with Crippen molar-refractivity contribution in [2.24, 2.45) is 5.73 Å². The van der Waals surface area contributed by atoms with Gasteiger partial charge in [-0.05, 0) is 6.07 Å². The van der Waals surface area contributed by atoms with Gasteiger partial charge >= 0.3 is 6.36 Å². The number of alkyl halides is 3. The van der Waals surface area contributed by atoms with Gasteiger partial charge in [-0.15, -0.1) is 13.2 Å². The third kappa shape index (κ3) is 2.89. The van der Waals surface area contributed by atoms with E-state index in [1.807, 2.05) is 0 Å². The van der Waals surface area contributed by atoms with Gasteiger partial charge in [-0.1, -0.05) is 0 Å². The highest BCUT2D eigenvalue weighted by atomic mass is 19.4. The van der Waals surface area contributed by atoms with Crippen LogP contribution in [-0.2, 0) is 6.54 Å². The molecule has 0 saturated heterocycles. The van der Waals surface area contributed by atoms with Gasteiger partial charge in [0, 0.05) is 6.54 Å². The molecule has 0 spiro atoms. The van der Waals surface area contributed by atoms with Crippen molar-refractivity contribution in [3.05, 3.63) is 11.8 Å². The average Bonchev–Trinajstić information content (AvgIpc) is 2.19. The molecule has 16 heavy (non-hydrogen) atoms. The van der Waals surface area contributed by atoms with E-state index in [2.05, 4.69) is 14.5 Å². The summed E-state index contributed by atoms with van der Waals surface area (Å²) in [7, 11) is 1.16. The number of nitrogens with zero attached hydrogens (tertiary/aromatic N) is 1. The Morgan fingerprint density at radius 1 is 1.44 bits per heavy atom. The number of ether oxygens (including phenoxy) is 2. The van der Waals surface area contributed by atoms with Gasteiger partial charge in [-0.3, -0.25) is 0 Å². The van der Waals surface area contributed by atoms with Crippen molar-refractivity contribution in [1.29, 1.82) is 0 Å². The van der Waals surface area contributed by atoms with Crippen molar-refractivity contribution in [1.82, 2.24) is 4.98 Å². The second-order valence-electron chi connectivity index (χ2n) is 2.79. The number of nitrogens with two attached hydrogens (primary N) is 2. The monoisotopic (exact) mass is 237 g/mol. The summed E-state index contributed by atoms with van der Waals surface area (Å²) in [5, 5.41) is 0. The van der Waals surface area contributed by atoms with E-state index >= 15 is 0 Å². The van der Waals surface area contributed by atoms with Crippen LogP contribution in [0.1, 0.15) is 5.69 Å². The molecular weight excluding hydrogens is 227 g/mol. The first kappa shape index (κ1) is 12.4. The number of anilines is 1. The minimum atomic E-state index is -4.85. The lowest BCUT2D eigenvalue weighted by Gasteiger charge is -2.14. The maximum atomic E-state index is 12.0. The molecule has 0 saturated carbocycles. The molecule has 0 unspecified atom stereocenters. The van der Waals surface area contributed by atoms with Gasteiger partial charge in [0.15, 0.2) is 0 Å². The lowest BCUT2D eigenvalue weighted by molar-refractivity contribution is -0.274. The molecule has 0 aromatic carbocycles. The topological polar surface area (TPSA) is 83.4 Å². The maximum absolute atomic E-state index is 12.0. The highest BCUT2D eigenvalue weighted by molar-refractivity contribution is 5.58. The van der Waals surface area contributed by atoms with Crippen LogP contribution in [0.4, 0.5) is 18.9 Å². The molecule has 0 fully saturated rings. The number of hydrogen-bond acceptors (Lipinski definition) is 5. The number of halogens is 3. The fourth-order valence-corrected chi connectivity index (χ4v) is 1.04. The van der Waals surface area contributed by atoms with Crippen molar-refractivity contribution in [3.8, 4) is 11.6 Å². The lowest BCUT2D eigenvalue weighted by atomic mass is 10.3. The average molecular weight is 237 g/mol. The lowest BCUT2D eigenvalue weighted by Crippen LogP contribution is -2.19. The Morgan fingerprint density at radius 2 is 2.06 bits per heavy atom. The molecule has 90 valence electrons. The molecule has 1 heterocycles. The molecule has 0 bridgehead atoms. The zero-order valence-electron chi connectivity index (χ0n) is 8.34. The second-order valence-corrected chi connectivity index (χ2v) is 2.79. The number of methoxy groups -OCH3 is 1. The van der Waals surface area contributed by atoms with Crippen LogP contribution in [0.5, 0.6) is 11.6 Å². The van der Waals surface area contributed by atoms with Gasteiger partial charge in [0.2, 0.25) is 5.75 Å². The molecule has 1 rings (SSSR count). The van der Waals surface area contributed by atoms with E-state index in [0.29, 0.717) is 5.69 Å². The summed E-state index contributed by atoms with van der Waals surface area (Å²) in [6.45, 7) is 0.0346. The van der Waals surface area contributed by atoms with Crippen molar-refractivity contribution < 1.29 is 22.6 Å². The van der Waals surface area contributed by atoms with Crippen LogP contribution in [0.2, 0.25) is 0 Å². The molecule has 0 aliphatic heterocycles. The summed E-state index contributed by atoms with van der Waals surface area (Å²) >= 11 is 0. The summed E-state index contributed by atoms with van der Waals surface area (Å²) in [6.07, 6.45) is -4.85. The first-order valence-electron chi connectivity index (χ1n) is 4.16. The summed E-state index contributed by atoms with van der Waals surface area (Å²) < 4.78 is 44.4. The minimum absolute atomic E-state index is 0.0346. The fourth-order valence-electron chi connectivity index (χ4n) is 1.04. The summed E-state index contributed by atoms with van der Waals surface area (Å²) in [5.41, 5.74) is 10.7. The van der Waals surface area contributed by atoms with Crippen molar-refractivity contribution in [3.63, 3.8) is 0 Å². The van der Waals surface area contributed by atoms with Crippen LogP contribution >= 0.6 is 0 Å². The van der Waals surface area contributed by atoms with E-state index in [4.69, 9.17) is 11.5 Å². The number of rotatable bonds is 3. The Labute approximate surface area is 89.1 Å². The summed E-state index contributed by atoms with van der Waals surface area (Å²) in [6, 6.07) is 1.20. The van der Waals surface area contributed by atoms with Gasteiger partial charge in [-0.2, -0.15) is 0 Å². The highest BCUT2D eigenvalue weighted by Gasteiger charge is 2.34. The van der Waals surface area contributed by atoms with Crippen molar-refractivity contribution >= 4 is 5.69 Å². The van der Waals surface area contributed by atoms with Gasteiger partial charge < -0.3 is 20.9 Å². The SMILES string of the molecule is COc1nc(CN)cc(N)c1OC(F)(F)F. The van der Waals surface area contributed by atoms with Crippen LogP contribution < -0.4 is 20.9 Å². The van der Waals surface area contributed by atoms with E-state index in [1.165, 1.54) is 6.07 Å². The molecule has 0 amide bonds. The molecule has 0 aliphatic carbocycles. The Hall–Kier alpha value is -1.70. The molecule has 5 nitrogen and oxygen atoms in total. The Balaban J connectivity index is 3.16. The number of aromatic nitrogens is 1. The molecule has 4 N–H and O–H groups in total. The Kier molecular flexibility index (Phi) is 3.43. The van der Waals surface area contributed by atoms with Crippen LogP contribution in [-0.4, -0.2) is 18.5 Å². The largest absolute Gasteiger partial charge is 0.573 e. The van der Waals surface area contributed by atoms with Gasteiger partial charge in [0.05, 0.1) is 18.5 Å². The fraction of sp³-hybridized carbons (Fsp3) is 0.375. The van der Waals surface area contributed by atoms with Crippen LogP contribution in [0.25, 0.3) is 0 Å². The zero-order chi connectivity index (χ0) is 12.3. The predicted octanol–water partition coefficient (Wildman–Crippen LogP) is 1.03. The molecule has 8 heteroatoms. The summed E-state index contributed by atoms with van der Waals surface area (Å²) in [4.78, 5) is 3.70. The molecule has 1 aromatic heterocycles. The first-order valence-corrected chi connectivity index (χ1v) is 4.16. The predicted molar refractivity (Wildman–Crippen MR) is 49.8 cm³/mol. The number of hydrogen-bond donors (Lipinski definition) is 2. The third-order valence-corrected chi connectivity index (χ3v) is 1.64. The van der Waals surface area contributed by atoms with Crippen LogP contribution in [0.15, 0.2) is 6.07 Å².